The molecule has 0 radical (unpaired) electrons. The normalized spacial score (nSPS) is 17.8. The third-order valence-corrected chi connectivity index (χ3v) is 3.22. The van der Waals surface area contributed by atoms with Crippen LogP contribution in [-0.4, -0.2) is 23.6 Å². The molecule has 3 amide bonds. The Labute approximate surface area is 126 Å². The van der Waals surface area contributed by atoms with Gasteiger partial charge in [0.05, 0.1) is 18.2 Å². The Balaban J connectivity index is 2.55. The smallest absolute Gasteiger partial charge is 0.418 e. The van der Waals surface area contributed by atoms with Crippen molar-refractivity contribution in [1.82, 2.24) is 10.2 Å². The van der Waals surface area contributed by atoms with Gasteiger partial charge in [0.2, 0.25) is 0 Å². The predicted octanol–water partition coefficient (Wildman–Crippen LogP) is 2.85. The highest BCUT2D eigenvalue weighted by molar-refractivity contribution is 5.94. The summed E-state index contributed by atoms with van der Waals surface area (Å²) in [6.07, 6.45) is -0.866. The Morgan fingerprint density at radius 3 is 2.64 bits per heavy atom. The molecule has 1 aliphatic rings. The summed E-state index contributed by atoms with van der Waals surface area (Å²) in [5, 5.41) is 11.8. The number of benzene rings is 1. The number of halogens is 1. The Hall–Kier alpha value is -2.88. The van der Waals surface area contributed by atoms with Gasteiger partial charge in [0.1, 0.15) is 11.9 Å². The van der Waals surface area contributed by atoms with Gasteiger partial charge >= 0.3 is 12.1 Å². The zero-order chi connectivity index (χ0) is 16.3. The third kappa shape index (κ3) is 2.76. The van der Waals surface area contributed by atoms with Crippen molar-refractivity contribution in [1.29, 1.82) is 5.26 Å². The number of nitrogens with zero attached hydrogens (tertiary/aromatic N) is 2. The van der Waals surface area contributed by atoms with E-state index in [-0.39, 0.29) is 12.2 Å². The molecule has 0 aliphatic carbocycles. The van der Waals surface area contributed by atoms with Crippen LogP contribution >= 0.6 is 0 Å². The standard InChI is InChI=1S/C15H14FN3O3/c1-3-22-15(21)19-13(10-4-6-11(16)7-5-10)12(8-17)9(2)18-14(19)20/h4-7,13H,3H2,1-2H3,(H,18,20). The van der Waals surface area contributed by atoms with E-state index in [2.05, 4.69) is 5.32 Å². The molecule has 0 bridgehead atoms. The van der Waals surface area contributed by atoms with Gasteiger partial charge in [-0.25, -0.2) is 18.9 Å². The van der Waals surface area contributed by atoms with E-state index in [0.29, 0.717) is 11.3 Å². The molecule has 2 rings (SSSR count). The minimum atomic E-state index is -0.946. The van der Waals surface area contributed by atoms with Crippen molar-refractivity contribution < 1.29 is 18.7 Å². The molecule has 1 heterocycles. The molecule has 1 aromatic carbocycles. The molecule has 7 heteroatoms. The summed E-state index contributed by atoms with van der Waals surface area (Å²) in [5.41, 5.74) is 0.988. The lowest BCUT2D eigenvalue weighted by Crippen LogP contribution is -2.50. The number of ether oxygens (including phenoxy) is 1. The Kier molecular flexibility index (Phi) is 4.41. The topological polar surface area (TPSA) is 82.4 Å². The number of urea groups is 1. The first-order valence-corrected chi connectivity index (χ1v) is 6.62. The first-order valence-electron chi connectivity index (χ1n) is 6.62. The number of nitrogens with one attached hydrogen (secondary N) is 1. The van der Waals surface area contributed by atoms with Gasteiger partial charge in [0.25, 0.3) is 0 Å². The fraction of sp³-hybridized carbons (Fsp3) is 0.267. The van der Waals surface area contributed by atoms with Gasteiger partial charge in [0.15, 0.2) is 0 Å². The summed E-state index contributed by atoms with van der Waals surface area (Å²) in [6.45, 7) is 3.26. The maximum absolute atomic E-state index is 13.1. The average Bonchev–Trinajstić information content (AvgIpc) is 2.47. The van der Waals surface area contributed by atoms with Crippen LogP contribution in [0.25, 0.3) is 0 Å². The largest absolute Gasteiger partial charge is 0.449 e. The second-order valence-electron chi connectivity index (χ2n) is 4.60. The number of nitriles is 1. The summed E-state index contributed by atoms with van der Waals surface area (Å²) in [6, 6.07) is 5.61. The molecule has 0 saturated carbocycles. The molecule has 22 heavy (non-hydrogen) atoms. The van der Waals surface area contributed by atoms with Crippen LogP contribution in [0.3, 0.4) is 0 Å². The van der Waals surface area contributed by atoms with Crippen LogP contribution in [0.1, 0.15) is 25.5 Å². The van der Waals surface area contributed by atoms with E-state index >= 15 is 0 Å². The van der Waals surface area contributed by atoms with Crippen LogP contribution in [-0.2, 0) is 4.74 Å². The van der Waals surface area contributed by atoms with Gasteiger partial charge in [-0.3, -0.25) is 0 Å². The first kappa shape index (κ1) is 15.5. The van der Waals surface area contributed by atoms with Crippen molar-refractivity contribution in [3.63, 3.8) is 0 Å². The molecule has 0 spiro atoms. The number of rotatable bonds is 2. The molecule has 1 unspecified atom stereocenters. The molecular formula is C15H14FN3O3. The maximum Gasteiger partial charge on any atom is 0.418 e. The molecule has 6 nitrogen and oxygen atoms in total. The van der Waals surface area contributed by atoms with Gasteiger partial charge in [-0.1, -0.05) is 12.1 Å². The average molecular weight is 303 g/mol. The predicted molar refractivity (Wildman–Crippen MR) is 74.8 cm³/mol. The number of allylic oxidation sites excluding steroid dienone is 1. The van der Waals surface area contributed by atoms with E-state index < -0.39 is 24.0 Å². The summed E-state index contributed by atoms with van der Waals surface area (Å²) >= 11 is 0. The Morgan fingerprint density at radius 2 is 2.09 bits per heavy atom. The van der Waals surface area contributed by atoms with Crippen molar-refractivity contribution >= 4 is 12.1 Å². The van der Waals surface area contributed by atoms with Gasteiger partial charge in [0, 0.05) is 5.70 Å². The number of imide groups is 1. The van der Waals surface area contributed by atoms with Crippen LogP contribution in [0.15, 0.2) is 35.5 Å². The number of carbonyl (C=O) groups is 2. The van der Waals surface area contributed by atoms with Gasteiger partial charge < -0.3 is 10.1 Å². The van der Waals surface area contributed by atoms with E-state index in [9.17, 15) is 19.2 Å². The summed E-state index contributed by atoms with van der Waals surface area (Å²) < 4.78 is 18.0. The highest BCUT2D eigenvalue weighted by Crippen LogP contribution is 2.33. The number of hydrogen-bond acceptors (Lipinski definition) is 4. The van der Waals surface area contributed by atoms with Crippen LogP contribution in [0.4, 0.5) is 14.0 Å². The molecule has 114 valence electrons. The quantitative estimate of drug-likeness (QED) is 0.910. The first-order chi connectivity index (χ1) is 10.5. The van der Waals surface area contributed by atoms with Crippen molar-refractivity contribution in [3.05, 3.63) is 46.9 Å². The fourth-order valence-electron chi connectivity index (χ4n) is 2.23. The van der Waals surface area contributed by atoms with Gasteiger partial charge in [-0.2, -0.15) is 5.26 Å². The lowest BCUT2D eigenvalue weighted by Gasteiger charge is -2.34. The van der Waals surface area contributed by atoms with Crippen molar-refractivity contribution in [2.24, 2.45) is 0 Å². The van der Waals surface area contributed by atoms with Crippen LogP contribution in [0.5, 0.6) is 0 Å². The number of hydrogen-bond donors (Lipinski definition) is 1. The van der Waals surface area contributed by atoms with E-state index in [1.807, 2.05) is 6.07 Å². The lowest BCUT2D eigenvalue weighted by molar-refractivity contribution is 0.104. The summed E-state index contributed by atoms with van der Waals surface area (Å²) in [5.74, 6) is -0.453. The third-order valence-electron chi connectivity index (χ3n) is 3.22. The van der Waals surface area contributed by atoms with Crippen molar-refractivity contribution in [2.45, 2.75) is 19.9 Å². The molecule has 0 fully saturated rings. The fourth-order valence-corrected chi connectivity index (χ4v) is 2.23. The van der Waals surface area contributed by atoms with Crippen LogP contribution in [0, 0.1) is 17.1 Å². The minimum absolute atomic E-state index is 0.0866. The highest BCUT2D eigenvalue weighted by atomic mass is 19.1. The molecule has 0 aromatic heterocycles. The molecular weight excluding hydrogens is 289 g/mol. The van der Waals surface area contributed by atoms with Crippen LogP contribution in [0.2, 0.25) is 0 Å². The zero-order valence-electron chi connectivity index (χ0n) is 12.1. The minimum Gasteiger partial charge on any atom is -0.449 e. The Morgan fingerprint density at radius 1 is 1.45 bits per heavy atom. The lowest BCUT2D eigenvalue weighted by atomic mass is 9.95. The Bertz CT molecular complexity index is 676. The molecule has 1 aromatic rings. The van der Waals surface area contributed by atoms with Gasteiger partial charge in [-0.15, -0.1) is 0 Å². The van der Waals surface area contributed by atoms with Crippen molar-refractivity contribution in [3.8, 4) is 6.07 Å². The van der Waals surface area contributed by atoms with Crippen molar-refractivity contribution in [2.75, 3.05) is 6.61 Å². The molecule has 0 saturated heterocycles. The maximum atomic E-state index is 13.1. The van der Waals surface area contributed by atoms with Gasteiger partial charge in [-0.05, 0) is 31.5 Å². The second kappa shape index (κ2) is 6.26. The SMILES string of the molecule is CCOC(=O)N1C(=O)NC(C)=C(C#N)C1c1ccc(F)cc1. The van der Waals surface area contributed by atoms with E-state index in [1.54, 1.807) is 13.8 Å². The summed E-state index contributed by atoms with van der Waals surface area (Å²) in [4.78, 5) is 25.0. The zero-order valence-corrected chi connectivity index (χ0v) is 12.1. The molecule has 1 atom stereocenters. The highest BCUT2D eigenvalue weighted by Gasteiger charge is 2.39. The number of carbonyl (C=O) groups excluding carboxylic acids is 2. The van der Waals surface area contributed by atoms with E-state index in [0.717, 1.165) is 4.90 Å². The summed E-state index contributed by atoms with van der Waals surface area (Å²) in [7, 11) is 0. The van der Waals surface area contributed by atoms with E-state index in [1.165, 1.54) is 24.3 Å². The van der Waals surface area contributed by atoms with E-state index in [4.69, 9.17) is 4.74 Å². The monoisotopic (exact) mass is 303 g/mol. The van der Waals surface area contributed by atoms with Crippen LogP contribution < -0.4 is 5.32 Å². The second-order valence-corrected chi connectivity index (χ2v) is 4.60. The molecule has 1 aliphatic heterocycles. The number of amides is 3. The molecule has 1 N–H and O–H groups in total.